The van der Waals surface area contributed by atoms with Crippen molar-refractivity contribution in [2.75, 3.05) is 0 Å². The fourth-order valence-corrected chi connectivity index (χ4v) is 3.45. The van der Waals surface area contributed by atoms with Gasteiger partial charge in [-0.3, -0.25) is 0 Å². The summed E-state index contributed by atoms with van der Waals surface area (Å²) in [6.45, 7) is 3.42. The van der Waals surface area contributed by atoms with Crippen LogP contribution in [0.15, 0.2) is 75.9 Å². The summed E-state index contributed by atoms with van der Waals surface area (Å²) in [4.78, 5) is 36.7. The van der Waals surface area contributed by atoms with Gasteiger partial charge >= 0.3 is 17.7 Å². The van der Waals surface area contributed by atoms with Gasteiger partial charge in [-0.2, -0.15) is 0 Å². The van der Waals surface area contributed by atoms with E-state index >= 15 is 0 Å². The lowest BCUT2D eigenvalue weighted by Gasteiger charge is -2.14. The number of benzene rings is 3. The second-order valence-corrected chi connectivity index (χ2v) is 7.40. The number of hydrogen-bond acceptors (Lipinski definition) is 6. The SMILES string of the molecule is Cc1cc(OC(=O)C(C)NC(=O)OCc2ccccc2)cc2oc(=O)c3ccccc3c12. The van der Waals surface area contributed by atoms with E-state index in [1.165, 1.54) is 13.0 Å². The van der Waals surface area contributed by atoms with E-state index in [2.05, 4.69) is 5.32 Å². The Balaban J connectivity index is 1.46. The minimum absolute atomic E-state index is 0.0886. The monoisotopic (exact) mass is 431 g/mol. The van der Waals surface area contributed by atoms with E-state index in [0.29, 0.717) is 11.0 Å². The van der Waals surface area contributed by atoms with Crippen molar-refractivity contribution in [3.8, 4) is 5.75 Å². The lowest BCUT2D eigenvalue weighted by Crippen LogP contribution is -2.41. The Kier molecular flexibility index (Phi) is 5.89. The standard InChI is InChI=1S/C25H21NO6/c1-15-12-18(13-21-22(15)19-10-6-7-11-20(19)24(28)32-21)31-23(27)16(2)26-25(29)30-14-17-8-4-3-5-9-17/h3-13,16H,14H2,1-2H3,(H,26,29). The van der Waals surface area contributed by atoms with Crippen LogP contribution < -0.4 is 15.7 Å². The Morgan fingerprint density at radius 1 is 1.00 bits per heavy atom. The highest BCUT2D eigenvalue weighted by atomic mass is 16.6. The van der Waals surface area contributed by atoms with Gasteiger partial charge in [-0.25, -0.2) is 14.4 Å². The molecule has 0 fully saturated rings. The van der Waals surface area contributed by atoms with Crippen molar-refractivity contribution >= 4 is 33.8 Å². The number of ether oxygens (including phenoxy) is 2. The Bertz CT molecular complexity index is 1360. The third kappa shape index (κ3) is 4.46. The van der Waals surface area contributed by atoms with Crippen molar-refractivity contribution in [1.82, 2.24) is 5.32 Å². The molecule has 4 aromatic rings. The zero-order valence-corrected chi connectivity index (χ0v) is 17.6. The van der Waals surface area contributed by atoms with Gasteiger partial charge in [0.1, 0.15) is 24.0 Å². The molecule has 0 aliphatic carbocycles. The molecule has 1 aromatic heterocycles. The molecule has 7 heteroatoms. The molecule has 1 N–H and O–H groups in total. The molecule has 0 aliphatic heterocycles. The van der Waals surface area contributed by atoms with Crippen LogP contribution in [-0.4, -0.2) is 18.1 Å². The van der Waals surface area contributed by atoms with Crippen molar-refractivity contribution in [3.05, 3.63) is 88.3 Å². The molecule has 0 saturated heterocycles. The van der Waals surface area contributed by atoms with E-state index in [-0.39, 0.29) is 12.4 Å². The van der Waals surface area contributed by atoms with Crippen molar-refractivity contribution in [1.29, 1.82) is 0 Å². The number of alkyl carbamates (subject to hydrolysis) is 1. The van der Waals surface area contributed by atoms with Gasteiger partial charge in [0.15, 0.2) is 0 Å². The van der Waals surface area contributed by atoms with Gasteiger partial charge in [0, 0.05) is 16.8 Å². The van der Waals surface area contributed by atoms with Crippen molar-refractivity contribution in [2.24, 2.45) is 0 Å². The summed E-state index contributed by atoms with van der Waals surface area (Å²) in [6, 6.07) is 18.6. The fraction of sp³-hybridized carbons (Fsp3) is 0.160. The van der Waals surface area contributed by atoms with E-state index in [1.807, 2.05) is 49.4 Å². The summed E-state index contributed by atoms with van der Waals surface area (Å²) in [5, 5.41) is 4.47. The molecule has 0 aliphatic rings. The molecule has 0 bridgehead atoms. The second-order valence-electron chi connectivity index (χ2n) is 7.40. The molecule has 4 rings (SSSR count). The first-order valence-electron chi connectivity index (χ1n) is 10.1. The van der Waals surface area contributed by atoms with Crippen LogP contribution in [0.25, 0.3) is 21.7 Å². The molecular weight excluding hydrogens is 410 g/mol. The maximum absolute atomic E-state index is 12.5. The summed E-state index contributed by atoms with van der Waals surface area (Å²) in [7, 11) is 0. The Morgan fingerprint density at radius 3 is 2.44 bits per heavy atom. The van der Waals surface area contributed by atoms with Gasteiger partial charge < -0.3 is 19.2 Å². The van der Waals surface area contributed by atoms with Crippen LogP contribution in [0.4, 0.5) is 4.79 Å². The number of carbonyl (C=O) groups excluding carboxylic acids is 2. The zero-order valence-electron chi connectivity index (χ0n) is 17.6. The topological polar surface area (TPSA) is 94.8 Å². The summed E-state index contributed by atoms with van der Waals surface area (Å²) in [6.07, 6.45) is -0.731. The van der Waals surface area contributed by atoms with Crippen molar-refractivity contribution in [2.45, 2.75) is 26.5 Å². The molecule has 3 aromatic carbocycles. The van der Waals surface area contributed by atoms with Gasteiger partial charge in [0.25, 0.3) is 0 Å². The van der Waals surface area contributed by atoms with Crippen molar-refractivity contribution in [3.63, 3.8) is 0 Å². The van der Waals surface area contributed by atoms with Gasteiger partial charge in [0.05, 0.1) is 5.39 Å². The quantitative estimate of drug-likeness (QED) is 0.217. The Morgan fingerprint density at radius 2 is 1.69 bits per heavy atom. The van der Waals surface area contributed by atoms with Crippen LogP contribution in [0.1, 0.15) is 18.1 Å². The number of esters is 1. The number of amides is 1. The molecule has 0 radical (unpaired) electrons. The summed E-state index contributed by atoms with van der Waals surface area (Å²) in [5.74, 6) is -0.465. The molecule has 32 heavy (non-hydrogen) atoms. The molecule has 1 unspecified atom stereocenters. The molecule has 0 spiro atoms. The summed E-state index contributed by atoms with van der Waals surface area (Å²) >= 11 is 0. The van der Waals surface area contributed by atoms with Gasteiger partial charge in [0.2, 0.25) is 0 Å². The highest BCUT2D eigenvalue weighted by Crippen LogP contribution is 2.30. The second kappa shape index (κ2) is 8.93. The molecule has 162 valence electrons. The van der Waals surface area contributed by atoms with E-state index in [0.717, 1.165) is 21.9 Å². The predicted octanol–water partition coefficient (Wildman–Crippen LogP) is 4.47. The average molecular weight is 431 g/mol. The molecule has 1 amide bonds. The third-order valence-corrected chi connectivity index (χ3v) is 5.01. The number of fused-ring (bicyclic) bond motifs is 3. The van der Waals surface area contributed by atoms with Gasteiger partial charge in [-0.1, -0.05) is 48.5 Å². The summed E-state index contributed by atoms with van der Waals surface area (Å²) < 4.78 is 16.0. The molecule has 1 heterocycles. The van der Waals surface area contributed by atoms with Crippen LogP contribution in [0.3, 0.4) is 0 Å². The van der Waals surface area contributed by atoms with Crippen LogP contribution >= 0.6 is 0 Å². The fourth-order valence-electron chi connectivity index (χ4n) is 3.45. The maximum Gasteiger partial charge on any atom is 0.408 e. The molecular formula is C25H21NO6. The molecule has 7 nitrogen and oxygen atoms in total. The lowest BCUT2D eigenvalue weighted by molar-refractivity contribution is -0.136. The number of carbonyl (C=O) groups is 2. The normalized spacial score (nSPS) is 11.8. The van der Waals surface area contributed by atoms with Crippen LogP contribution in [0.2, 0.25) is 0 Å². The molecule has 0 saturated carbocycles. The largest absolute Gasteiger partial charge is 0.445 e. The Labute approximate surface area is 183 Å². The molecule has 1 atom stereocenters. The predicted molar refractivity (Wildman–Crippen MR) is 120 cm³/mol. The van der Waals surface area contributed by atoms with Crippen LogP contribution in [-0.2, 0) is 16.1 Å². The Hall–Kier alpha value is -4.13. The number of hydrogen-bond donors (Lipinski definition) is 1. The minimum Gasteiger partial charge on any atom is -0.445 e. The third-order valence-electron chi connectivity index (χ3n) is 5.01. The first-order valence-corrected chi connectivity index (χ1v) is 10.1. The van der Waals surface area contributed by atoms with E-state index in [4.69, 9.17) is 13.9 Å². The number of rotatable bonds is 5. The first-order chi connectivity index (χ1) is 15.4. The highest BCUT2D eigenvalue weighted by Gasteiger charge is 2.20. The van der Waals surface area contributed by atoms with Gasteiger partial charge in [-0.05, 0) is 37.1 Å². The minimum atomic E-state index is -0.946. The van der Waals surface area contributed by atoms with E-state index in [9.17, 15) is 14.4 Å². The number of nitrogens with one attached hydrogen (secondary N) is 1. The first kappa shape index (κ1) is 21.1. The maximum atomic E-state index is 12.5. The zero-order chi connectivity index (χ0) is 22.7. The lowest BCUT2D eigenvalue weighted by atomic mass is 10.0. The van der Waals surface area contributed by atoms with Crippen LogP contribution in [0, 0.1) is 6.92 Å². The average Bonchev–Trinajstić information content (AvgIpc) is 2.78. The van der Waals surface area contributed by atoms with Crippen LogP contribution in [0.5, 0.6) is 5.75 Å². The number of aryl methyl sites for hydroxylation is 1. The van der Waals surface area contributed by atoms with E-state index < -0.39 is 23.7 Å². The summed E-state index contributed by atoms with van der Waals surface area (Å²) in [5.41, 5.74) is 1.47. The highest BCUT2D eigenvalue weighted by molar-refractivity contribution is 6.06. The van der Waals surface area contributed by atoms with E-state index in [1.54, 1.807) is 18.2 Å². The van der Waals surface area contributed by atoms with Gasteiger partial charge in [-0.15, -0.1) is 0 Å². The van der Waals surface area contributed by atoms with Crippen molar-refractivity contribution < 1.29 is 23.5 Å². The smallest absolute Gasteiger partial charge is 0.408 e.